The number of hydrogen-bond donors (Lipinski definition) is 0. The Bertz CT molecular complexity index is 3000. The van der Waals surface area contributed by atoms with Gasteiger partial charge in [0, 0.05) is 16.9 Å². The Labute approximate surface area is 347 Å². The molecule has 0 radical (unpaired) electrons. The average molecular weight is 754 g/mol. The van der Waals surface area contributed by atoms with Crippen LogP contribution in [0.4, 0.5) is 17.1 Å². The van der Waals surface area contributed by atoms with Crippen molar-refractivity contribution in [1.29, 1.82) is 0 Å². The minimum absolute atomic E-state index is 0.429. The highest BCUT2D eigenvalue weighted by Crippen LogP contribution is 2.63. The van der Waals surface area contributed by atoms with Crippen LogP contribution in [0, 0.1) is 20.8 Å². The zero-order valence-corrected chi connectivity index (χ0v) is 33.6. The van der Waals surface area contributed by atoms with Crippen LogP contribution in [0.1, 0.15) is 38.9 Å². The molecular weight excluding hydrogens is 711 g/mol. The molecule has 0 heterocycles. The van der Waals surface area contributed by atoms with E-state index in [0.717, 1.165) is 17.1 Å². The largest absolute Gasteiger partial charge is 0.310 e. The molecule has 1 spiro atoms. The summed E-state index contributed by atoms with van der Waals surface area (Å²) in [6.07, 6.45) is 0. The third kappa shape index (κ3) is 5.46. The van der Waals surface area contributed by atoms with E-state index in [2.05, 4.69) is 232 Å². The quantitative estimate of drug-likeness (QED) is 0.163. The van der Waals surface area contributed by atoms with Gasteiger partial charge in [0.25, 0.3) is 0 Å². The minimum Gasteiger partial charge on any atom is -0.310 e. The fourth-order valence-electron chi connectivity index (χ4n) is 10.2. The maximum Gasteiger partial charge on any atom is 0.0726 e. The topological polar surface area (TPSA) is 3.24 Å². The standard InChI is InChI=1S/C58H43N/c1-38-33-39(2)35-44(34-38)43-26-25-40(3)52(36-43)42-27-29-45(30-28-42)59(57-24-14-10-17-47(57)41-15-5-4-6-16-41)46-31-32-51-50-20-9-13-23-55(50)58(56(51)37-46)53-21-11-7-18-48(53)49-19-8-12-22-54(49)58/h4-37H,1-3H3. The van der Waals surface area contributed by atoms with Crippen molar-refractivity contribution in [1.82, 2.24) is 0 Å². The fraction of sp³-hybridized carbons (Fsp3) is 0.0690. The van der Waals surface area contributed by atoms with Crippen molar-refractivity contribution in [3.8, 4) is 55.6 Å². The molecule has 0 aliphatic heterocycles. The van der Waals surface area contributed by atoms with Gasteiger partial charge in [-0.3, -0.25) is 0 Å². The summed E-state index contributed by atoms with van der Waals surface area (Å²) in [5.41, 5.74) is 24.7. The Kier molecular flexibility index (Phi) is 8.13. The summed E-state index contributed by atoms with van der Waals surface area (Å²) < 4.78 is 0. The maximum atomic E-state index is 2.49. The predicted octanol–water partition coefficient (Wildman–Crippen LogP) is 15.4. The number of nitrogens with zero attached hydrogens (tertiary/aromatic N) is 1. The Morgan fingerprint density at radius 1 is 0.305 bits per heavy atom. The average Bonchev–Trinajstić information content (AvgIpc) is 3.74. The fourth-order valence-corrected chi connectivity index (χ4v) is 10.2. The van der Waals surface area contributed by atoms with Crippen LogP contribution in [0.2, 0.25) is 0 Å². The zero-order valence-electron chi connectivity index (χ0n) is 33.6. The SMILES string of the molecule is Cc1cc(C)cc(-c2ccc(C)c(-c3ccc(N(c4ccc5c(c4)C4(c6ccccc6-c6ccccc64)c4ccccc4-5)c4ccccc4-c4ccccc4)cc3)c2)c1. The molecule has 0 amide bonds. The van der Waals surface area contributed by atoms with Crippen LogP contribution in [0.15, 0.2) is 206 Å². The first-order valence-corrected chi connectivity index (χ1v) is 20.7. The summed E-state index contributed by atoms with van der Waals surface area (Å²) in [6, 6.07) is 76.8. The highest BCUT2D eigenvalue weighted by molar-refractivity contribution is 5.97. The third-order valence-corrected chi connectivity index (χ3v) is 12.7. The van der Waals surface area contributed by atoms with Crippen molar-refractivity contribution in [2.75, 3.05) is 4.90 Å². The van der Waals surface area contributed by atoms with E-state index in [4.69, 9.17) is 0 Å². The van der Waals surface area contributed by atoms with Gasteiger partial charge in [-0.2, -0.15) is 0 Å². The smallest absolute Gasteiger partial charge is 0.0726 e. The Morgan fingerprint density at radius 2 is 0.797 bits per heavy atom. The van der Waals surface area contributed by atoms with Gasteiger partial charge in [0.2, 0.25) is 0 Å². The van der Waals surface area contributed by atoms with Crippen molar-refractivity contribution in [2.24, 2.45) is 0 Å². The van der Waals surface area contributed by atoms with Crippen molar-refractivity contribution < 1.29 is 0 Å². The van der Waals surface area contributed by atoms with Gasteiger partial charge in [0.1, 0.15) is 0 Å². The molecule has 0 saturated heterocycles. The second-order valence-corrected chi connectivity index (χ2v) is 16.3. The first kappa shape index (κ1) is 35.0. The Hall–Kier alpha value is -7.22. The minimum atomic E-state index is -0.429. The van der Waals surface area contributed by atoms with E-state index in [1.54, 1.807) is 0 Å². The lowest BCUT2D eigenvalue weighted by molar-refractivity contribution is 0.793. The monoisotopic (exact) mass is 753 g/mol. The van der Waals surface area contributed by atoms with Crippen molar-refractivity contribution in [2.45, 2.75) is 26.2 Å². The van der Waals surface area contributed by atoms with E-state index in [1.807, 2.05) is 0 Å². The van der Waals surface area contributed by atoms with Gasteiger partial charge in [-0.25, -0.2) is 0 Å². The van der Waals surface area contributed by atoms with Gasteiger partial charge in [0.15, 0.2) is 0 Å². The molecule has 9 aromatic rings. The summed E-state index contributed by atoms with van der Waals surface area (Å²) in [5.74, 6) is 0. The summed E-state index contributed by atoms with van der Waals surface area (Å²) >= 11 is 0. The predicted molar refractivity (Wildman–Crippen MR) is 248 cm³/mol. The van der Waals surface area contributed by atoms with E-state index >= 15 is 0 Å². The Morgan fingerprint density at radius 3 is 1.42 bits per heavy atom. The first-order chi connectivity index (χ1) is 29.0. The number of benzene rings is 9. The van der Waals surface area contributed by atoms with Crippen molar-refractivity contribution in [3.05, 3.63) is 245 Å². The second-order valence-electron chi connectivity index (χ2n) is 16.3. The van der Waals surface area contributed by atoms with E-state index in [0.29, 0.717) is 0 Å². The number of rotatable bonds is 6. The summed E-state index contributed by atoms with van der Waals surface area (Å²) in [5, 5.41) is 0. The summed E-state index contributed by atoms with van der Waals surface area (Å²) in [4.78, 5) is 2.47. The zero-order chi connectivity index (χ0) is 39.7. The molecule has 9 aromatic carbocycles. The molecule has 2 aliphatic carbocycles. The van der Waals surface area contributed by atoms with Crippen LogP contribution >= 0.6 is 0 Å². The molecule has 11 rings (SSSR count). The molecule has 0 atom stereocenters. The molecular formula is C58H43N. The van der Waals surface area contributed by atoms with Gasteiger partial charge in [-0.05, 0) is 135 Å². The molecule has 0 aromatic heterocycles. The van der Waals surface area contributed by atoms with Gasteiger partial charge in [-0.1, -0.05) is 181 Å². The van der Waals surface area contributed by atoms with Gasteiger partial charge < -0.3 is 4.90 Å². The first-order valence-electron chi connectivity index (χ1n) is 20.7. The van der Waals surface area contributed by atoms with Crippen LogP contribution in [-0.2, 0) is 5.41 Å². The normalized spacial score (nSPS) is 12.8. The van der Waals surface area contributed by atoms with Gasteiger partial charge >= 0.3 is 0 Å². The van der Waals surface area contributed by atoms with E-state index in [-0.39, 0.29) is 0 Å². The highest BCUT2D eigenvalue weighted by atomic mass is 15.1. The van der Waals surface area contributed by atoms with E-state index in [1.165, 1.54) is 94.6 Å². The maximum absolute atomic E-state index is 2.49. The third-order valence-electron chi connectivity index (χ3n) is 12.7. The molecule has 0 bridgehead atoms. The van der Waals surface area contributed by atoms with Crippen LogP contribution < -0.4 is 4.90 Å². The summed E-state index contributed by atoms with van der Waals surface area (Å²) in [6.45, 7) is 6.57. The molecule has 0 unspecified atom stereocenters. The molecule has 0 N–H and O–H groups in total. The van der Waals surface area contributed by atoms with Crippen LogP contribution in [0.3, 0.4) is 0 Å². The second kappa shape index (κ2) is 13.7. The van der Waals surface area contributed by atoms with Crippen molar-refractivity contribution >= 4 is 17.1 Å². The number of anilines is 3. The molecule has 280 valence electrons. The van der Waals surface area contributed by atoms with E-state index in [9.17, 15) is 0 Å². The molecule has 0 saturated carbocycles. The number of fused-ring (bicyclic) bond motifs is 10. The lowest BCUT2D eigenvalue weighted by atomic mass is 9.70. The molecule has 2 aliphatic rings. The van der Waals surface area contributed by atoms with Gasteiger partial charge in [0.05, 0.1) is 11.1 Å². The molecule has 1 heteroatoms. The number of aryl methyl sites for hydroxylation is 3. The summed E-state index contributed by atoms with van der Waals surface area (Å²) in [7, 11) is 0. The Balaban J connectivity index is 1.11. The van der Waals surface area contributed by atoms with E-state index < -0.39 is 5.41 Å². The lowest BCUT2D eigenvalue weighted by Crippen LogP contribution is -2.26. The molecule has 59 heavy (non-hydrogen) atoms. The van der Waals surface area contributed by atoms with Crippen LogP contribution in [0.5, 0.6) is 0 Å². The molecule has 0 fully saturated rings. The van der Waals surface area contributed by atoms with Crippen LogP contribution in [-0.4, -0.2) is 0 Å². The molecule has 1 nitrogen and oxygen atoms in total. The number of para-hydroxylation sites is 1. The van der Waals surface area contributed by atoms with Crippen LogP contribution in [0.25, 0.3) is 55.6 Å². The lowest BCUT2D eigenvalue weighted by Gasteiger charge is -2.32. The highest BCUT2D eigenvalue weighted by Gasteiger charge is 2.51. The van der Waals surface area contributed by atoms with Crippen molar-refractivity contribution in [3.63, 3.8) is 0 Å². The number of hydrogen-bond acceptors (Lipinski definition) is 1. The van der Waals surface area contributed by atoms with Gasteiger partial charge in [-0.15, -0.1) is 0 Å².